The smallest absolute Gasteiger partial charge is 0.248 e. The molecule has 0 saturated carbocycles. The highest BCUT2D eigenvalue weighted by Crippen LogP contribution is 2.27. The van der Waals surface area contributed by atoms with E-state index in [-0.39, 0.29) is 18.5 Å². The van der Waals surface area contributed by atoms with E-state index in [0.717, 1.165) is 25.1 Å². The minimum absolute atomic E-state index is 0.0103. The lowest BCUT2D eigenvalue weighted by Gasteiger charge is -2.16. The van der Waals surface area contributed by atoms with Gasteiger partial charge in [-0.15, -0.1) is 0 Å². The average molecular weight is 274 g/mol. The van der Waals surface area contributed by atoms with Gasteiger partial charge in [0.1, 0.15) is 6.54 Å². The maximum Gasteiger partial charge on any atom is 0.248 e. The first-order chi connectivity index (χ1) is 9.61. The van der Waals surface area contributed by atoms with Crippen molar-refractivity contribution in [3.8, 4) is 0 Å². The van der Waals surface area contributed by atoms with Crippen LogP contribution in [0.15, 0.2) is 29.3 Å². The third-order valence-electron chi connectivity index (χ3n) is 3.58. The standard InChI is InChI=1S/C15H22N4O/c1-3-11(2)18-15(16)17-10-14(20)19-9-8-12-6-4-5-7-13(12)19/h4-7,11H,3,8-10H2,1-2H3,(H3,16,17,18). The number of fused-ring (bicyclic) bond motifs is 1. The van der Waals surface area contributed by atoms with E-state index in [2.05, 4.69) is 23.3 Å². The minimum Gasteiger partial charge on any atom is -0.370 e. The van der Waals surface area contributed by atoms with Crippen molar-refractivity contribution in [2.75, 3.05) is 18.0 Å². The zero-order valence-corrected chi connectivity index (χ0v) is 12.1. The Morgan fingerprint density at radius 2 is 2.25 bits per heavy atom. The van der Waals surface area contributed by atoms with E-state index in [1.165, 1.54) is 5.56 Å². The molecular formula is C15H22N4O. The second-order valence-electron chi connectivity index (χ2n) is 5.08. The van der Waals surface area contributed by atoms with E-state index in [9.17, 15) is 4.79 Å². The molecule has 1 unspecified atom stereocenters. The lowest BCUT2D eigenvalue weighted by atomic mass is 10.2. The monoisotopic (exact) mass is 274 g/mol. The van der Waals surface area contributed by atoms with Crippen molar-refractivity contribution in [3.63, 3.8) is 0 Å². The van der Waals surface area contributed by atoms with Crippen molar-refractivity contribution in [1.82, 2.24) is 5.32 Å². The summed E-state index contributed by atoms with van der Waals surface area (Å²) in [6.45, 7) is 4.91. The lowest BCUT2D eigenvalue weighted by molar-refractivity contribution is -0.117. The van der Waals surface area contributed by atoms with Crippen LogP contribution in [-0.2, 0) is 11.2 Å². The number of benzene rings is 1. The highest BCUT2D eigenvalue weighted by Gasteiger charge is 2.23. The molecule has 5 heteroatoms. The Hall–Kier alpha value is -2.04. The Balaban J connectivity index is 1.95. The molecule has 1 aliphatic heterocycles. The van der Waals surface area contributed by atoms with Crippen LogP contribution in [0.1, 0.15) is 25.8 Å². The Morgan fingerprint density at radius 1 is 1.50 bits per heavy atom. The number of carbonyl (C=O) groups is 1. The van der Waals surface area contributed by atoms with Gasteiger partial charge in [0.25, 0.3) is 0 Å². The number of nitrogens with two attached hydrogens (primary N) is 1. The first-order valence-corrected chi connectivity index (χ1v) is 7.06. The van der Waals surface area contributed by atoms with Gasteiger partial charge in [-0.3, -0.25) is 4.79 Å². The van der Waals surface area contributed by atoms with Crippen LogP contribution in [0.5, 0.6) is 0 Å². The van der Waals surface area contributed by atoms with Gasteiger partial charge in [-0.2, -0.15) is 0 Å². The Bertz CT molecular complexity index is 512. The number of rotatable bonds is 4. The van der Waals surface area contributed by atoms with E-state index >= 15 is 0 Å². The fourth-order valence-corrected chi connectivity index (χ4v) is 2.24. The molecule has 0 bridgehead atoms. The highest BCUT2D eigenvalue weighted by atomic mass is 16.2. The average Bonchev–Trinajstić information content (AvgIpc) is 2.88. The third kappa shape index (κ3) is 3.29. The molecule has 2 rings (SSSR count). The molecule has 0 fully saturated rings. The van der Waals surface area contributed by atoms with E-state index < -0.39 is 0 Å². The highest BCUT2D eigenvalue weighted by molar-refractivity contribution is 5.97. The molecule has 20 heavy (non-hydrogen) atoms. The van der Waals surface area contributed by atoms with Gasteiger partial charge in [-0.05, 0) is 31.4 Å². The summed E-state index contributed by atoms with van der Waals surface area (Å²) in [5.41, 5.74) is 7.98. The molecule has 108 valence electrons. The van der Waals surface area contributed by atoms with Crippen LogP contribution >= 0.6 is 0 Å². The number of carbonyl (C=O) groups excluding carboxylic acids is 1. The molecule has 0 aromatic heterocycles. The minimum atomic E-state index is -0.0103. The van der Waals surface area contributed by atoms with E-state index in [4.69, 9.17) is 5.73 Å². The molecule has 0 spiro atoms. The summed E-state index contributed by atoms with van der Waals surface area (Å²) in [4.78, 5) is 18.1. The molecule has 3 N–H and O–H groups in total. The van der Waals surface area contributed by atoms with Gasteiger partial charge in [-0.25, -0.2) is 4.99 Å². The van der Waals surface area contributed by atoms with Crippen LogP contribution in [0.4, 0.5) is 5.69 Å². The molecular weight excluding hydrogens is 252 g/mol. The molecule has 1 aromatic rings. The van der Waals surface area contributed by atoms with E-state index in [0.29, 0.717) is 5.96 Å². The summed E-state index contributed by atoms with van der Waals surface area (Å²) in [6.07, 6.45) is 1.87. The Kier molecular flexibility index (Phi) is 4.61. The fraction of sp³-hybridized carbons (Fsp3) is 0.467. The molecule has 1 atom stereocenters. The number of aliphatic imine (C=N–C) groups is 1. The predicted molar refractivity (Wildman–Crippen MR) is 81.9 cm³/mol. The summed E-state index contributed by atoms with van der Waals surface area (Å²) in [6, 6.07) is 8.25. The van der Waals surface area contributed by atoms with E-state index in [1.54, 1.807) is 4.90 Å². The SMILES string of the molecule is CCC(C)NC(N)=NCC(=O)N1CCc2ccccc21. The molecule has 1 aliphatic rings. The lowest BCUT2D eigenvalue weighted by Crippen LogP contribution is -2.39. The first kappa shape index (κ1) is 14.4. The molecule has 0 saturated heterocycles. The largest absolute Gasteiger partial charge is 0.370 e. The number of nitrogens with zero attached hydrogens (tertiary/aromatic N) is 2. The molecule has 5 nitrogen and oxygen atoms in total. The van der Waals surface area contributed by atoms with Crippen LogP contribution < -0.4 is 16.0 Å². The second kappa shape index (κ2) is 6.41. The van der Waals surface area contributed by atoms with Crippen molar-refractivity contribution in [1.29, 1.82) is 0 Å². The van der Waals surface area contributed by atoms with Gasteiger partial charge >= 0.3 is 0 Å². The Labute approximate surface area is 119 Å². The van der Waals surface area contributed by atoms with Crippen LogP contribution in [0.25, 0.3) is 0 Å². The molecule has 1 amide bonds. The molecule has 1 heterocycles. The van der Waals surface area contributed by atoms with Gasteiger partial charge in [0.05, 0.1) is 0 Å². The van der Waals surface area contributed by atoms with Crippen molar-refractivity contribution >= 4 is 17.6 Å². The van der Waals surface area contributed by atoms with Crippen LogP contribution in [0.2, 0.25) is 0 Å². The second-order valence-corrected chi connectivity index (χ2v) is 5.08. The van der Waals surface area contributed by atoms with Gasteiger partial charge < -0.3 is 16.0 Å². The van der Waals surface area contributed by atoms with Crippen molar-refractivity contribution < 1.29 is 4.79 Å². The van der Waals surface area contributed by atoms with Gasteiger partial charge in [-0.1, -0.05) is 25.1 Å². The summed E-state index contributed by atoms with van der Waals surface area (Å²) in [7, 11) is 0. The van der Waals surface area contributed by atoms with Crippen LogP contribution in [-0.4, -0.2) is 31.0 Å². The maximum absolute atomic E-state index is 12.2. The first-order valence-electron chi connectivity index (χ1n) is 7.06. The maximum atomic E-state index is 12.2. The van der Waals surface area contributed by atoms with Gasteiger partial charge in [0.2, 0.25) is 5.91 Å². The molecule has 0 aliphatic carbocycles. The van der Waals surface area contributed by atoms with Crippen LogP contribution in [0.3, 0.4) is 0 Å². The number of para-hydroxylation sites is 1. The fourth-order valence-electron chi connectivity index (χ4n) is 2.24. The number of nitrogens with one attached hydrogen (secondary N) is 1. The Morgan fingerprint density at radius 3 is 3.00 bits per heavy atom. The van der Waals surface area contributed by atoms with Crippen LogP contribution in [0, 0.1) is 0 Å². The predicted octanol–water partition coefficient (Wildman–Crippen LogP) is 1.28. The third-order valence-corrected chi connectivity index (χ3v) is 3.58. The number of hydrogen-bond donors (Lipinski definition) is 2. The summed E-state index contributed by atoms with van der Waals surface area (Å²) < 4.78 is 0. The van der Waals surface area contributed by atoms with Crippen molar-refractivity contribution in [3.05, 3.63) is 29.8 Å². The van der Waals surface area contributed by atoms with Gasteiger partial charge in [0.15, 0.2) is 5.96 Å². The van der Waals surface area contributed by atoms with Gasteiger partial charge in [0, 0.05) is 18.3 Å². The summed E-state index contributed by atoms with van der Waals surface area (Å²) >= 11 is 0. The number of amides is 1. The van der Waals surface area contributed by atoms with Crippen molar-refractivity contribution in [2.45, 2.75) is 32.7 Å². The summed E-state index contributed by atoms with van der Waals surface area (Å²) in [5, 5.41) is 3.05. The number of anilines is 1. The molecule has 1 aromatic carbocycles. The zero-order valence-electron chi connectivity index (χ0n) is 12.1. The molecule has 0 radical (unpaired) electrons. The topological polar surface area (TPSA) is 70.7 Å². The summed E-state index contributed by atoms with van der Waals surface area (Å²) in [5.74, 6) is 0.323. The van der Waals surface area contributed by atoms with E-state index in [1.807, 2.05) is 25.1 Å². The number of hydrogen-bond acceptors (Lipinski definition) is 2. The normalized spacial score (nSPS) is 15.9. The van der Waals surface area contributed by atoms with Crippen molar-refractivity contribution in [2.24, 2.45) is 10.7 Å². The zero-order chi connectivity index (χ0) is 14.5. The number of guanidine groups is 1. The quantitative estimate of drug-likeness (QED) is 0.642.